The maximum Gasteiger partial charge on any atom is 0.227 e. The van der Waals surface area contributed by atoms with Crippen molar-refractivity contribution in [2.24, 2.45) is 0 Å². The van der Waals surface area contributed by atoms with Gasteiger partial charge in [-0.2, -0.15) is 0 Å². The van der Waals surface area contributed by atoms with E-state index in [9.17, 15) is 9.18 Å². The molecule has 0 bridgehead atoms. The summed E-state index contributed by atoms with van der Waals surface area (Å²) in [4.78, 5) is 24.3. The Kier molecular flexibility index (Phi) is 5.11. The molecule has 0 radical (unpaired) electrons. The molecule has 1 unspecified atom stereocenters. The highest BCUT2D eigenvalue weighted by atomic mass is 19.1. The minimum Gasteiger partial charge on any atom is -0.472 e. The molecule has 1 saturated heterocycles. The average molecular weight is 344 g/mol. The van der Waals surface area contributed by atoms with E-state index in [0.717, 1.165) is 12.2 Å². The topological polar surface area (TPSA) is 58.6 Å². The number of hydrogen-bond acceptors (Lipinski definition) is 5. The Hall–Kier alpha value is -2.70. The summed E-state index contributed by atoms with van der Waals surface area (Å²) in [7, 11) is 3.79. The molecule has 1 fully saturated rings. The molecule has 6 nitrogen and oxygen atoms in total. The van der Waals surface area contributed by atoms with E-state index in [4.69, 9.17) is 4.74 Å². The minimum atomic E-state index is -0.326. The third-order valence-electron chi connectivity index (χ3n) is 4.12. The van der Waals surface area contributed by atoms with Crippen LogP contribution in [0.4, 0.5) is 10.2 Å². The number of carbonyl (C=O) groups excluding carboxylic acids is 1. The van der Waals surface area contributed by atoms with Crippen molar-refractivity contribution in [2.75, 3.05) is 32.1 Å². The van der Waals surface area contributed by atoms with E-state index in [1.165, 1.54) is 18.5 Å². The second-order valence-corrected chi connectivity index (χ2v) is 6.28. The van der Waals surface area contributed by atoms with Crippen molar-refractivity contribution in [1.82, 2.24) is 14.9 Å². The Morgan fingerprint density at radius 2 is 2.20 bits per heavy atom. The fourth-order valence-corrected chi connectivity index (χ4v) is 2.79. The van der Waals surface area contributed by atoms with Gasteiger partial charge in [0.1, 0.15) is 24.1 Å². The number of hydrogen-bond donors (Lipinski definition) is 0. The molecule has 1 aromatic carbocycles. The zero-order valence-electron chi connectivity index (χ0n) is 14.4. The van der Waals surface area contributed by atoms with E-state index in [0.29, 0.717) is 24.5 Å². The van der Waals surface area contributed by atoms with Crippen molar-refractivity contribution in [1.29, 1.82) is 0 Å². The van der Waals surface area contributed by atoms with E-state index in [-0.39, 0.29) is 24.2 Å². The second kappa shape index (κ2) is 7.46. The molecule has 2 aromatic rings. The van der Waals surface area contributed by atoms with Crippen LogP contribution in [0.1, 0.15) is 12.0 Å². The predicted octanol–water partition coefficient (Wildman–Crippen LogP) is 1.90. The quantitative estimate of drug-likeness (QED) is 0.829. The number of halogens is 1. The van der Waals surface area contributed by atoms with Crippen LogP contribution in [0.5, 0.6) is 5.88 Å². The van der Waals surface area contributed by atoms with Gasteiger partial charge in [-0.1, -0.05) is 12.1 Å². The van der Waals surface area contributed by atoms with Crippen LogP contribution in [-0.4, -0.2) is 54.1 Å². The first kappa shape index (κ1) is 17.1. The molecular weight excluding hydrogens is 323 g/mol. The Bertz CT molecular complexity index is 753. The van der Waals surface area contributed by atoms with Crippen LogP contribution in [0.2, 0.25) is 0 Å². The number of aromatic nitrogens is 2. The summed E-state index contributed by atoms with van der Waals surface area (Å²) in [6.45, 7) is 1.14. The standard InChI is InChI=1S/C18H21FN4O2/c1-22(2)16-10-17(21-12-20-16)25-15-6-7-23(11-15)18(24)9-13-4-3-5-14(19)8-13/h3-5,8,10,12,15H,6-7,9,11H2,1-2H3. The lowest BCUT2D eigenvalue weighted by atomic mass is 10.1. The highest BCUT2D eigenvalue weighted by molar-refractivity contribution is 5.79. The van der Waals surface area contributed by atoms with Crippen LogP contribution in [0.15, 0.2) is 36.7 Å². The number of amides is 1. The van der Waals surface area contributed by atoms with E-state index < -0.39 is 0 Å². The lowest BCUT2D eigenvalue weighted by Gasteiger charge is -2.18. The predicted molar refractivity (Wildman–Crippen MR) is 92.1 cm³/mol. The van der Waals surface area contributed by atoms with E-state index in [2.05, 4.69) is 9.97 Å². The highest BCUT2D eigenvalue weighted by Gasteiger charge is 2.28. The molecule has 1 atom stereocenters. The molecule has 132 valence electrons. The Morgan fingerprint density at radius 3 is 2.96 bits per heavy atom. The second-order valence-electron chi connectivity index (χ2n) is 6.28. The van der Waals surface area contributed by atoms with Crippen LogP contribution in [0.3, 0.4) is 0 Å². The molecule has 1 amide bonds. The van der Waals surface area contributed by atoms with Gasteiger partial charge in [-0.05, 0) is 17.7 Å². The van der Waals surface area contributed by atoms with Crippen molar-refractivity contribution in [3.63, 3.8) is 0 Å². The van der Waals surface area contributed by atoms with E-state index in [1.54, 1.807) is 23.1 Å². The van der Waals surface area contributed by atoms with E-state index in [1.807, 2.05) is 19.0 Å². The van der Waals surface area contributed by atoms with Crippen LogP contribution in [0.25, 0.3) is 0 Å². The van der Waals surface area contributed by atoms with Crippen LogP contribution >= 0.6 is 0 Å². The lowest BCUT2D eigenvalue weighted by molar-refractivity contribution is -0.129. The third kappa shape index (κ3) is 4.43. The summed E-state index contributed by atoms with van der Waals surface area (Å²) >= 11 is 0. The molecule has 0 saturated carbocycles. The molecule has 0 spiro atoms. The zero-order valence-corrected chi connectivity index (χ0v) is 14.4. The summed E-state index contributed by atoms with van der Waals surface area (Å²) in [6.07, 6.45) is 2.31. The van der Waals surface area contributed by atoms with Gasteiger partial charge in [0.25, 0.3) is 0 Å². The molecule has 1 aromatic heterocycles. The monoisotopic (exact) mass is 344 g/mol. The lowest BCUT2D eigenvalue weighted by Crippen LogP contribution is -2.32. The molecule has 0 N–H and O–H groups in total. The van der Waals surface area contributed by atoms with Crippen molar-refractivity contribution < 1.29 is 13.9 Å². The average Bonchev–Trinajstić information content (AvgIpc) is 3.04. The molecule has 2 heterocycles. The number of nitrogens with zero attached hydrogens (tertiary/aromatic N) is 4. The summed E-state index contributed by atoms with van der Waals surface area (Å²) < 4.78 is 19.1. The van der Waals surface area contributed by atoms with Crippen LogP contribution in [-0.2, 0) is 11.2 Å². The van der Waals surface area contributed by atoms with Gasteiger partial charge in [-0.15, -0.1) is 0 Å². The molecular formula is C18H21FN4O2. The third-order valence-corrected chi connectivity index (χ3v) is 4.12. The van der Waals surface area contributed by atoms with Gasteiger partial charge in [0.2, 0.25) is 11.8 Å². The van der Waals surface area contributed by atoms with Crippen molar-refractivity contribution >= 4 is 11.7 Å². The van der Waals surface area contributed by atoms with Gasteiger partial charge in [0.05, 0.1) is 13.0 Å². The molecule has 1 aliphatic heterocycles. The fraction of sp³-hybridized carbons (Fsp3) is 0.389. The van der Waals surface area contributed by atoms with Crippen molar-refractivity contribution in [3.8, 4) is 5.88 Å². The SMILES string of the molecule is CN(C)c1cc(OC2CCN(C(=O)Cc3cccc(F)c3)C2)ncn1. The Labute approximate surface area is 146 Å². The molecule has 3 rings (SSSR count). The fourth-order valence-electron chi connectivity index (χ4n) is 2.79. The number of anilines is 1. The van der Waals surface area contributed by atoms with Gasteiger partial charge < -0.3 is 14.5 Å². The first-order valence-electron chi connectivity index (χ1n) is 8.19. The molecule has 25 heavy (non-hydrogen) atoms. The van der Waals surface area contributed by atoms with Gasteiger partial charge in [0.15, 0.2) is 0 Å². The summed E-state index contributed by atoms with van der Waals surface area (Å²) in [6, 6.07) is 7.92. The highest BCUT2D eigenvalue weighted by Crippen LogP contribution is 2.20. The number of ether oxygens (including phenoxy) is 1. The zero-order chi connectivity index (χ0) is 17.8. The maximum atomic E-state index is 13.2. The normalized spacial score (nSPS) is 16.8. The number of benzene rings is 1. The minimum absolute atomic E-state index is 0.0200. The summed E-state index contributed by atoms with van der Waals surface area (Å²) in [5, 5.41) is 0. The van der Waals surface area contributed by atoms with Crippen molar-refractivity contribution in [2.45, 2.75) is 18.9 Å². The van der Waals surface area contributed by atoms with Crippen LogP contribution in [0, 0.1) is 5.82 Å². The number of likely N-dealkylation sites (tertiary alicyclic amines) is 1. The Morgan fingerprint density at radius 1 is 1.36 bits per heavy atom. The largest absolute Gasteiger partial charge is 0.472 e. The van der Waals surface area contributed by atoms with Crippen LogP contribution < -0.4 is 9.64 Å². The summed E-state index contributed by atoms with van der Waals surface area (Å²) in [5.41, 5.74) is 0.681. The van der Waals surface area contributed by atoms with Gasteiger partial charge >= 0.3 is 0 Å². The van der Waals surface area contributed by atoms with Gasteiger partial charge in [-0.25, -0.2) is 14.4 Å². The Balaban J connectivity index is 1.56. The van der Waals surface area contributed by atoms with E-state index >= 15 is 0 Å². The van der Waals surface area contributed by atoms with Gasteiger partial charge in [-0.3, -0.25) is 4.79 Å². The molecule has 7 heteroatoms. The maximum absolute atomic E-state index is 13.2. The molecule has 0 aliphatic carbocycles. The number of rotatable bonds is 5. The van der Waals surface area contributed by atoms with Gasteiger partial charge in [0, 0.05) is 33.1 Å². The summed E-state index contributed by atoms with van der Waals surface area (Å²) in [5.74, 6) is 0.923. The smallest absolute Gasteiger partial charge is 0.227 e. The van der Waals surface area contributed by atoms with Crippen molar-refractivity contribution in [3.05, 3.63) is 48.0 Å². The first-order valence-corrected chi connectivity index (χ1v) is 8.19. The number of carbonyl (C=O) groups is 1. The first-order chi connectivity index (χ1) is 12.0. The molecule has 1 aliphatic rings.